The second-order valence-electron chi connectivity index (χ2n) is 9.41. The normalized spacial score (nSPS) is 22.9. The van der Waals surface area contributed by atoms with Gasteiger partial charge in [0.1, 0.15) is 5.82 Å². The van der Waals surface area contributed by atoms with Crippen LogP contribution in [0.4, 0.5) is 30.7 Å². The molecule has 0 aliphatic carbocycles. The fraction of sp³-hybridized carbons (Fsp3) is 0.667. The number of nitrogens with zero attached hydrogens (tertiary/aromatic N) is 2. The van der Waals surface area contributed by atoms with E-state index in [0.29, 0.717) is 12.0 Å². The van der Waals surface area contributed by atoms with Crippen LogP contribution in [0.1, 0.15) is 18.4 Å². The molecule has 4 rings (SSSR count). The highest BCUT2D eigenvalue weighted by Gasteiger charge is 2.39. The summed E-state index contributed by atoms with van der Waals surface area (Å²) in [7, 11) is 0. The first-order valence-corrected chi connectivity index (χ1v) is 12.1. The van der Waals surface area contributed by atoms with E-state index < -0.39 is 24.3 Å². The van der Waals surface area contributed by atoms with Crippen molar-refractivity contribution in [2.24, 2.45) is 11.8 Å². The van der Waals surface area contributed by atoms with Crippen LogP contribution >= 0.6 is 0 Å². The number of likely N-dealkylation sites (tertiary alicyclic amines) is 1. The van der Waals surface area contributed by atoms with E-state index in [4.69, 9.17) is 29.3 Å². The number of hydrogen-bond donors (Lipinski definition) is 2. The van der Waals surface area contributed by atoms with Gasteiger partial charge in [-0.25, -0.2) is 14.0 Å². The van der Waals surface area contributed by atoms with Crippen LogP contribution in [0.25, 0.3) is 0 Å². The molecule has 0 aromatic heterocycles. The molecule has 3 fully saturated rings. The van der Waals surface area contributed by atoms with Crippen molar-refractivity contribution >= 4 is 11.9 Å². The number of carbonyl (C=O) groups is 2. The number of carboxylic acid groups (broad SMARTS) is 2. The van der Waals surface area contributed by atoms with Gasteiger partial charge in [-0.3, -0.25) is 4.90 Å². The first kappa shape index (κ1) is 32.7. The molecule has 0 bridgehead atoms. The molecule has 222 valence electrons. The highest BCUT2D eigenvalue weighted by molar-refractivity contribution is 5.73. The molecule has 3 heterocycles. The molecular formula is C24H31F7N2O6. The number of carboxylic acids is 2. The molecule has 0 saturated carbocycles. The lowest BCUT2D eigenvalue weighted by molar-refractivity contribution is -0.193. The molecule has 0 spiro atoms. The van der Waals surface area contributed by atoms with E-state index in [1.807, 2.05) is 6.07 Å². The van der Waals surface area contributed by atoms with E-state index in [9.17, 15) is 30.7 Å². The lowest BCUT2D eigenvalue weighted by atomic mass is 9.98. The van der Waals surface area contributed by atoms with Gasteiger partial charge in [0.15, 0.2) is 0 Å². The van der Waals surface area contributed by atoms with Crippen LogP contribution in [-0.4, -0.2) is 103 Å². The maximum atomic E-state index is 13.4. The Kier molecular flexibility index (Phi) is 12.4. The van der Waals surface area contributed by atoms with Crippen LogP contribution in [0.15, 0.2) is 24.3 Å². The quantitative estimate of drug-likeness (QED) is 0.525. The van der Waals surface area contributed by atoms with Crippen molar-refractivity contribution in [3.63, 3.8) is 0 Å². The number of fused-ring (bicyclic) bond motifs is 1. The molecule has 3 aliphatic heterocycles. The lowest BCUT2D eigenvalue weighted by Crippen LogP contribution is -2.37. The minimum absolute atomic E-state index is 0.148. The van der Waals surface area contributed by atoms with Crippen LogP contribution < -0.4 is 0 Å². The monoisotopic (exact) mass is 576 g/mol. The van der Waals surface area contributed by atoms with Gasteiger partial charge < -0.3 is 24.6 Å². The Morgan fingerprint density at radius 3 is 2.00 bits per heavy atom. The standard InChI is InChI=1S/C20H29FN2O2.2C2HF3O2/c21-19-3-1-2-17(10-19)12-23-14-18-13-22(6-9-25-20(18)15-23)11-16-4-7-24-8-5-16;2*3-2(4,5)1(6)7/h1-3,10,16,18,20H,4-9,11-15H2;2*(H,6,7)/t18-,20+;;/m0../s1. The summed E-state index contributed by atoms with van der Waals surface area (Å²) in [5.74, 6) is -4.32. The highest BCUT2D eigenvalue weighted by Crippen LogP contribution is 2.26. The van der Waals surface area contributed by atoms with Crippen molar-refractivity contribution in [2.45, 2.75) is 37.8 Å². The SMILES string of the molecule is Fc1cccc(CN2C[C@@H]3CN(CC4CCOCC4)CCO[C@@H]3C2)c1.O=C(O)C(F)(F)F.O=C(O)C(F)(F)F. The van der Waals surface area contributed by atoms with E-state index in [1.54, 1.807) is 12.1 Å². The average Bonchev–Trinajstić information content (AvgIpc) is 3.10. The van der Waals surface area contributed by atoms with Crippen LogP contribution in [-0.2, 0) is 25.6 Å². The summed E-state index contributed by atoms with van der Waals surface area (Å²) >= 11 is 0. The number of alkyl halides is 6. The van der Waals surface area contributed by atoms with Gasteiger partial charge in [-0.1, -0.05) is 12.1 Å². The Balaban J connectivity index is 0.000000317. The zero-order valence-corrected chi connectivity index (χ0v) is 20.9. The van der Waals surface area contributed by atoms with E-state index >= 15 is 0 Å². The molecule has 2 N–H and O–H groups in total. The molecule has 39 heavy (non-hydrogen) atoms. The molecule has 0 radical (unpaired) electrons. The zero-order valence-electron chi connectivity index (χ0n) is 20.9. The Labute approximate surface area is 220 Å². The maximum absolute atomic E-state index is 13.4. The van der Waals surface area contributed by atoms with Gasteiger partial charge in [0.05, 0.1) is 12.7 Å². The molecule has 1 aromatic carbocycles. The molecule has 3 aliphatic rings. The minimum Gasteiger partial charge on any atom is -0.475 e. The lowest BCUT2D eigenvalue weighted by Gasteiger charge is -2.30. The summed E-state index contributed by atoms with van der Waals surface area (Å²) in [5.41, 5.74) is 1.05. The minimum atomic E-state index is -5.08. The Morgan fingerprint density at radius 1 is 0.897 bits per heavy atom. The summed E-state index contributed by atoms with van der Waals surface area (Å²) in [5, 5.41) is 14.2. The summed E-state index contributed by atoms with van der Waals surface area (Å²) in [6, 6.07) is 6.96. The molecule has 0 unspecified atom stereocenters. The molecule has 2 atom stereocenters. The first-order chi connectivity index (χ1) is 18.1. The number of hydrogen-bond acceptors (Lipinski definition) is 6. The predicted octanol–water partition coefficient (Wildman–Crippen LogP) is 3.65. The van der Waals surface area contributed by atoms with Gasteiger partial charge in [0.2, 0.25) is 0 Å². The number of aliphatic carboxylic acids is 2. The largest absolute Gasteiger partial charge is 0.490 e. The Morgan fingerprint density at radius 2 is 1.46 bits per heavy atom. The average molecular weight is 577 g/mol. The van der Waals surface area contributed by atoms with Crippen LogP contribution in [0.2, 0.25) is 0 Å². The fourth-order valence-electron chi connectivity index (χ4n) is 4.53. The van der Waals surface area contributed by atoms with Gasteiger partial charge in [-0.2, -0.15) is 26.3 Å². The summed E-state index contributed by atoms with van der Waals surface area (Å²) < 4.78 is 88.5. The molecule has 3 saturated heterocycles. The van der Waals surface area contributed by atoms with Crippen LogP contribution in [0, 0.1) is 17.7 Å². The summed E-state index contributed by atoms with van der Waals surface area (Å²) in [6.45, 7) is 8.85. The highest BCUT2D eigenvalue weighted by atomic mass is 19.4. The van der Waals surface area contributed by atoms with Gasteiger partial charge >= 0.3 is 24.3 Å². The number of halogens is 7. The molecule has 1 aromatic rings. The topological polar surface area (TPSA) is 99.5 Å². The third-order valence-electron chi connectivity index (χ3n) is 6.33. The van der Waals surface area contributed by atoms with E-state index in [-0.39, 0.29) is 5.82 Å². The number of rotatable bonds is 4. The van der Waals surface area contributed by atoms with Crippen LogP contribution in [0.5, 0.6) is 0 Å². The van der Waals surface area contributed by atoms with Gasteiger partial charge in [-0.15, -0.1) is 0 Å². The van der Waals surface area contributed by atoms with Gasteiger partial charge in [0.25, 0.3) is 0 Å². The third kappa shape index (κ3) is 12.1. The number of benzene rings is 1. The molecule has 0 amide bonds. The fourth-order valence-corrected chi connectivity index (χ4v) is 4.53. The zero-order chi connectivity index (χ0) is 29.2. The van der Waals surface area contributed by atoms with Crippen molar-refractivity contribution < 1.29 is 60.0 Å². The second-order valence-corrected chi connectivity index (χ2v) is 9.41. The summed E-state index contributed by atoms with van der Waals surface area (Å²) in [4.78, 5) is 22.8. The predicted molar refractivity (Wildman–Crippen MR) is 122 cm³/mol. The maximum Gasteiger partial charge on any atom is 0.490 e. The van der Waals surface area contributed by atoms with Crippen molar-refractivity contribution in [1.29, 1.82) is 0 Å². The van der Waals surface area contributed by atoms with Crippen LogP contribution in [0.3, 0.4) is 0 Å². The molecule has 15 heteroatoms. The Bertz CT molecular complexity index is 901. The summed E-state index contributed by atoms with van der Waals surface area (Å²) in [6.07, 6.45) is -7.46. The first-order valence-electron chi connectivity index (χ1n) is 12.1. The second kappa shape index (κ2) is 14.8. The van der Waals surface area contributed by atoms with Crippen molar-refractivity contribution in [1.82, 2.24) is 9.80 Å². The van der Waals surface area contributed by atoms with E-state index in [0.717, 1.165) is 64.0 Å². The third-order valence-corrected chi connectivity index (χ3v) is 6.33. The van der Waals surface area contributed by atoms with Crippen molar-refractivity contribution in [3.8, 4) is 0 Å². The molecular weight excluding hydrogens is 545 g/mol. The van der Waals surface area contributed by atoms with E-state index in [1.165, 1.54) is 25.5 Å². The van der Waals surface area contributed by atoms with Crippen molar-refractivity contribution in [3.05, 3.63) is 35.6 Å². The molecule has 8 nitrogen and oxygen atoms in total. The Hall–Kier alpha value is -2.49. The smallest absolute Gasteiger partial charge is 0.475 e. The van der Waals surface area contributed by atoms with Gasteiger partial charge in [0, 0.05) is 58.4 Å². The van der Waals surface area contributed by atoms with Gasteiger partial charge in [-0.05, 0) is 36.5 Å². The van der Waals surface area contributed by atoms with Crippen molar-refractivity contribution in [2.75, 3.05) is 52.5 Å². The number of ether oxygens (including phenoxy) is 2. The van der Waals surface area contributed by atoms with E-state index in [2.05, 4.69) is 9.80 Å².